The summed E-state index contributed by atoms with van der Waals surface area (Å²) in [6.07, 6.45) is 0. The number of para-hydroxylation sites is 4. The fourth-order valence-corrected chi connectivity index (χ4v) is 19.3. The lowest BCUT2D eigenvalue weighted by Gasteiger charge is -2.35. The molecular weight excluding hydrogens is 1080 g/mol. The molecule has 88 heavy (non-hydrogen) atoms. The van der Waals surface area contributed by atoms with Gasteiger partial charge in [-0.25, -0.2) is 0 Å². The van der Waals surface area contributed by atoms with Crippen LogP contribution in [0.5, 0.6) is 0 Å². The predicted octanol–water partition coefficient (Wildman–Crippen LogP) is 19.0. The first kappa shape index (κ1) is 51.1. The lowest BCUT2D eigenvalue weighted by molar-refractivity contribution is 1.13. The molecule has 0 aliphatic heterocycles. The second-order valence-electron chi connectivity index (χ2n) is 23.2. The van der Waals surface area contributed by atoms with Crippen LogP contribution in [0.2, 0.25) is 0 Å². The zero-order valence-electron chi connectivity index (χ0n) is 48.3. The number of hydrogen-bond acceptors (Lipinski definition) is 0. The van der Waals surface area contributed by atoms with Gasteiger partial charge in [-0.05, 0) is 132 Å². The van der Waals surface area contributed by atoms with E-state index in [1.54, 1.807) is 0 Å². The summed E-state index contributed by atoms with van der Waals surface area (Å²) in [5.41, 5.74) is 19.7. The van der Waals surface area contributed by atoms with Crippen LogP contribution < -0.4 is 20.7 Å². The zero-order valence-corrected chi connectivity index (χ0v) is 49.3. The Morgan fingerprint density at radius 3 is 0.955 bits per heavy atom. The molecule has 0 saturated heterocycles. The average molecular weight is 1140 g/mol. The lowest BCUT2D eigenvalue weighted by atomic mass is 10.0. The number of benzene rings is 14. The van der Waals surface area contributed by atoms with E-state index in [4.69, 9.17) is 0 Å². The quantitative estimate of drug-likeness (QED) is 0.0906. The summed E-state index contributed by atoms with van der Waals surface area (Å²) in [5, 5.41) is 12.6. The van der Waals surface area contributed by atoms with Crippen LogP contribution >= 0.6 is 0 Å². The van der Waals surface area contributed by atoms with Gasteiger partial charge in [0, 0.05) is 49.4 Å². The van der Waals surface area contributed by atoms with Gasteiger partial charge in [0.15, 0.2) is 8.07 Å². The van der Waals surface area contributed by atoms with Crippen molar-refractivity contribution in [1.29, 1.82) is 0 Å². The van der Waals surface area contributed by atoms with Crippen LogP contribution in [0.25, 0.3) is 127 Å². The Kier molecular flexibility index (Phi) is 12.2. The molecule has 0 fully saturated rings. The van der Waals surface area contributed by atoms with E-state index in [0.29, 0.717) is 0 Å². The van der Waals surface area contributed by atoms with E-state index in [-0.39, 0.29) is 0 Å². The highest BCUT2D eigenvalue weighted by molar-refractivity contribution is 7.20. The van der Waals surface area contributed by atoms with Crippen molar-refractivity contribution in [2.75, 3.05) is 0 Å². The first-order chi connectivity index (χ1) is 43.6. The van der Waals surface area contributed by atoms with Crippen LogP contribution in [0.4, 0.5) is 0 Å². The van der Waals surface area contributed by atoms with Crippen LogP contribution in [0.1, 0.15) is 0 Å². The summed E-state index contributed by atoms with van der Waals surface area (Å²) < 4.78 is 7.46. The molecule has 0 aliphatic carbocycles. The third-order valence-electron chi connectivity index (χ3n) is 18.3. The van der Waals surface area contributed by atoms with E-state index in [1.807, 2.05) is 0 Å². The van der Waals surface area contributed by atoms with E-state index >= 15 is 0 Å². The van der Waals surface area contributed by atoms with E-state index in [2.05, 4.69) is 359 Å². The number of fused-ring (bicyclic) bond motifs is 9. The molecule has 0 bridgehead atoms. The van der Waals surface area contributed by atoms with Crippen molar-refractivity contribution >= 4 is 94.2 Å². The van der Waals surface area contributed by atoms with Gasteiger partial charge in [-0.3, -0.25) is 0 Å². The van der Waals surface area contributed by atoms with Gasteiger partial charge in [0.25, 0.3) is 0 Å². The number of rotatable bonds is 11. The first-order valence-electron chi connectivity index (χ1n) is 30.4. The highest BCUT2D eigenvalue weighted by Gasteiger charge is 2.42. The normalized spacial score (nSPS) is 11.9. The minimum absolute atomic E-state index is 1.08. The van der Waals surface area contributed by atoms with Crippen LogP contribution in [-0.2, 0) is 0 Å². The van der Waals surface area contributed by atoms with E-state index < -0.39 is 8.07 Å². The average Bonchev–Trinajstić information content (AvgIpc) is 3.27. The molecule has 3 heterocycles. The molecule has 0 unspecified atom stereocenters. The van der Waals surface area contributed by atoms with Gasteiger partial charge in [0.05, 0.1) is 33.1 Å². The van der Waals surface area contributed by atoms with Crippen LogP contribution in [0, 0.1) is 0 Å². The summed E-state index contributed by atoms with van der Waals surface area (Å²) in [6.45, 7) is 0. The fourth-order valence-electron chi connectivity index (χ4n) is 14.4. The molecule has 17 aromatic rings. The second kappa shape index (κ2) is 21.0. The molecule has 0 spiro atoms. The van der Waals surface area contributed by atoms with Gasteiger partial charge in [-0.1, -0.05) is 279 Å². The molecule has 3 nitrogen and oxygen atoms in total. The summed E-state index contributed by atoms with van der Waals surface area (Å²) in [6, 6.07) is 129. The zero-order chi connectivity index (χ0) is 58.1. The van der Waals surface area contributed by atoms with Gasteiger partial charge < -0.3 is 13.7 Å². The highest BCUT2D eigenvalue weighted by Crippen LogP contribution is 2.41. The molecule has 0 radical (unpaired) electrons. The minimum Gasteiger partial charge on any atom is -0.309 e. The largest absolute Gasteiger partial charge is 0.309 e. The molecule has 4 heteroatoms. The fraction of sp³-hybridized carbons (Fsp3) is 0. The molecule has 0 N–H and O–H groups in total. The van der Waals surface area contributed by atoms with Crippen molar-refractivity contribution in [3.05, 3.63) is 346 Å². The van der Waals surface area contributed by atoms with Crippen molar-refractivity contribution in [2.45, 2.75) is 0 Å². The van der Waals surface area contributed by atoms with E-state index in [0.717, 1.165) is 39.2 Å². The molecule has 0 amide bonds. The van der Waals surface area contributed by atoms with Gasteiger partial charge in [0.2, 0.25) is 0 Å². The molecule has 3 aromatic heterocycles. The maximum atomic E-state index is 2.54. The van der Waals surface area contributed by atoms with Crippen molar-refractivity contribution in [3.8, 4) is 61.6 Å². The number of nitrogens with zero attached hydrogens (tertiary/aromatic N) is 3. The van der Waals surface area contributed by atoms with Gasteiger partial charge in [-0.2, -0.15) is 0 Å². The topological polar surface area (TPSA) is 14.8 Å². The summed E-state index contributed by atoms with van der Waals surface area (Å²) >= 11 is 0. The second-order valence-corrected chi connectivity index (χ2v) is 27.0. The first-order valence-corrected chi connectivity index (χ1v) is 32.4. The minimum atomic E-state index is -3.18. The monoisotopic (exact) mass is 1140 g/mol. The highest BCUT2D eigenvalue weighted by atomic mass is 28.3. The SMILES string of the molecule is c1ccc(-c2cccc([Si](c3ccccc3)(c3cccc(-c4ccccc4)c3)c3cccc(-c4cc(-n5c6ccccc6c6ccccc65)cc(-n5c6ccccc6c6ccc(-n7c8ccccc8c8cc(-c9ccccc9)ccc87)cc65)c4)c3)c2)cc1. The Morgan fingerprint density at radius 2 is 0.489 bits per heavy atom. The summed E-state index contributed by atoms with van der Waals surface area (Å²) in [4.78, 5) is 0. The van der Waals surface area contributed by atoms with Crippen molar-refractivity contribution in [3.63, 3.8) is 0 Å². The molecule has 412 valence electrons. The van der Waals surface area contributed by atoms with E-state index in [1.165, 1.54) is 109 Å². The van der Waals surface area contributed by atoms with Crippen LogP contribution in [0.15, 0.2) is 346 Å². The van der Waals surface area contributed by atoms with Crippen LogP contribution in [0.3, 0.4) is 0 Å². The Bertz CT molecular complexity index is 5370. The maximum absolute atomic E-state index is 3.18. The Hall–Kier alpha value is -11.3. The standard InChI is InChI=1S/C84H57N3Si/c1-5-24-58(25-6-1)61-30-21-35-70(52-61)88(69-33-11-4-12-34-69,71-36-22-31-62(53-71)59-26-7-2-8-27-59)72-37-23-32-63(54-72)65-50-67(86-79-42-17-13-38-73(79)74-39-14-18-43-80(74)86)56-68(51-65)87-81-44-19-15-40-75(81)77-48-47-66(57-84(77)87)85-82-45-20-16-41-76(82)78-55-64(46-49-83(78)85)60-28-9-3-10-29-60/h1-57H. The smallest absolute Gasteiger partial charge is 0.179 e. The molecule has 0 aliphatic rings. The molecular formula is C84H57N3Si. The Balaban J connectivity index is 0.928. The number of hydrogen-bond donors (Lipinski definition) is 0. The summed E-state index contributed by atoms with van der Waals surface area (Å²) in [7, 11) is -3.18. The third-order valence-corrected chi connectivity index (χ3v) is 23.1. The van der Waals surface area contributed by atoms with Crippen LogP contribution in [-0.4, -0.2) is 21.8 Å². The van der Waals surface area contributed by atoms with Crippen molar-refractivity contribution < 1.29 is 0 Å². The van der Waals surface area contributed by atoms with Gasteiger partial charge in [-0.15, -0.1) is 0 Å². The third kappa shape index (κ3) is 8.33. The lowest BCUT2D eigenvalue weighted by Crippen LogP contribution is -2.74. The van der Waals surface area contributed by atoms with Gasteiger partial charge in [0.1, 0.15) is 0 Å². The number of aromatic nitrogens is 3. The van der Waals surface area contributed by atoms with Gasteiger partial charge >= 0.3 is 0 Å². The molecule has 14 aromatic carbocycles. The molecule has 17 rings (SSSR count). The summed E-state index contributed by atoms with van der Waals surface area (Å²) in [5.74, 6) is 0. The Morgan fingerprint density at radius 1 is 0.159 bits per heavy atom. The van der Waals surface area contributed by atoms with Crippen molar-refractivity contribution in [1.82, 2.24) is 13.7 Å². The molecule has 0 saturated carbocycles. The Labute approximate surface area is 512 Å². The van der Waals surface area contributed by atoms with E-state index in [9.17, 15) is 0 Å². The maximum Gasteiger partial charge on any atom is 0.179 e. The van der Waals surface area contributed by atoms with Crippen molar-refractivity contribution in [2.24, 2.45) is 0 Å². The predicted molar refractivity (Wildman–Crippen MR) is 375 cm³/mol. The molecule has 0 atom stereocenters.